The normalized spacial score (nSPS) is 11.5. The smallest absolute Gasteiger partial charge is 0.319 e. The van der Waals surface area contributed by atoms with E-state index in [4.69, 9.17) is 4.42 Å². The number of hydrogen-bond donors (Lipinski definition) is 2. The minimum atomic E-state index is -3.67. The predicted octanol–water partition coefficient (Wildman–Crippen LogP) is 2.61. The van der Waals surface area contributed by atoms with Gasteiger partial charge in [0.05, 0.1) is 23.8 Å². The van der Waals surface area contributed by atoms with Gasteiger partial charge in [-0.25, -0.2) is 18.2 Å². The largest absolute Gasteiger partial charge is 0.447 e. The number of oxazole rings is 1. The average molecular weight is 389 g/mol. The molecule has 10 heteroatoms. The van der Waals surface area contributed by atoms with Crippen LogP contribution in [0.5, 0.6) is 0 Å². The third kappa shape index (κ3) is 4.34. The Bertz CT molecular complexity index is 1010. The van der Waals surface area contributed by atoms with Crippen LogP contribution in [0, 0.1) is 0 Å². The first-order valence-corrected chi connectivity index (χ1v) is 9.66. The van der Waals surface area contributed by atoms with Gasteiger partial charge >= 0.3 is 6.03 Å². The van der Waals surface area contributed by atoms with Crippen molar-refractivity contribution in [2.24, 2.45) is 0 Å². The van der Waals surface area contributed by atoms with E-state index < -0.39 is 15.9 Å². The number of sulfone groups is 1. The first-order chi connectivity index (χ1) is 12.9. The van der Waals surface area contributed by atoms with Crippen molar-refractivity contribution in [2.75, 3.05) is 5.32 Å². The summed E-state index contributed by atoms with van der Waals surface area (Å²) in [4.78, 5) is 15.9. The topological polar surface area (TPSA) is 119 Å². The molecule has 0 aliphatic heterocycles. The van der Waals surface area contributed by atoms with Gasteiger partial charge in [-0.1, -0.05) is 0 Å². The van der Waals surface area contributed by atoms with Crippen molar-refractivity contribution in [3.63, 3.8) is 0 Å². The fourth-order valence-electron chi connectivity index (χ4n) is 2.27. The van der Waals surface area contributed by atoms with Gasteiger partial charge in [-0.3, -0.25) is 4.68 Å². The number of nitrogens with zero attached hydrogens (tertiary/aromatic N) is 3. The molecule has 0 bridgehead atoms. The Balaban J connectivity index is 1.66. The van der Waals surface area contributed by atoms with Gasteiger partial charge < -0.3 is 15.1 Å². The standard InChI is InChI=1S/C17H19N5O4S/c1-12(2)22-10-16(9-20-22)27(24,25)15-5-3-13(4-6-15)21-17(23)19-8-14-7-18-11-26-14/h3-7,9-12H,8H2,1-2H3,(H2,19,21,23). The third-order valence-corrected chi connectivity index (χ3v) is 5.47. The summed E-state index contributed by atoms with van der Waals surface area (Å²) < 4.78 is 31.9. The molecule has 0 saturated heterocycles. The highest BCUT2D eigenvalue weighted by atomic mass is 32.2. The van der Waals surface area contributed by atoms with Crippen LogP contribution in [0.4, 0.5) is 10.5 Å². The second-order valence-corrected chi connectivity index (χ2v) is 8.00. The number of amides is 2. The first-order valence-electron chi connectivity index (χ1n) is 8.18. The first kappa shape index (κ1) is 18.6. The molecule has 0 saturated carbocycles. The van der Waals surface area contributed by atoms with Crippen molar-refractivity contribution in [2.45, 2.75) is 36.2 Å². The second kappa shape index (κ2) is 7.62. The van der Waals surface area contributed by atoms with E-state index in [2.05, 4.69) is 20.7 Å². The average Bonchev–Trinajstić information content (AvgIpc) is 3.32. The van der Waals surface area contributed by atoms with Gasteiger partial charge in [-0.2, -0.15) is 5.10 Å². The van der Waals surface area contributed by atoms with Crippen molar-refractivity contribution in [3.05, 3.63) is 55.0 Å². The van der Waals surface area contributed by atoms with Crippen LogP contribution >= 0.6 is 0 Å². The number of carbonyl (C=O) groups is 1. The maximum atomic E-state index is 12.7. The molecule has 0 spiro atoms. The minimum absolute atomic E-state index is 0.0657. The lowest BCUT2D eigenvalue weighted by Gasteiger charge is -2.08. The Morgan fingerprint density at radius 1 is 1.19 bits per heavy atom. The number of anilines is 1. The van der Waals surface area contributed by atoms with E-state index in [9.17, 15) is 13.2 Å². The molecule has 0 atom stereocenters. The molecule has 0 fully saturated rings. The quantitative estimate of drug-likeness (QED) is 0.669. The SMILES string of the molecule is CC(C)n1cc(S(=O)(=O)c2ccc(NC(=O)NCc3cnco3)cc2)cn1. The van der Waals surface area contributed by atoms with Gasteiger partial charge in [0.15, 0.2) is 6.39 Å². The fraction of sp³-hybridized carbons (Fsp3) is 0.235. The molecule has 9 nitrogen and oxygen atoms in total. The van der Waals surface area contributed by atoms with Crippen molar-refractivity contribution in [3.8, 4) is 0 Å². The van der Waals surface area contributed by atoms with Crippen LogP contribution in [0.3, 0.4) is 0 Å². The summed E-state index contributed by atoms with van der Waals surface area (Å²) in [7, 11) is -3.67. The number of hydrogen-bond acceptors (Lipinski definition) is 6. The summed E-state index contributed by atoms with van der Waals surface area (Å²) in [6.07, 6.45) is 5.61. The van der Waals surface area contributed by atoms with Crippen LogP contribution in [0.25, 0.3) is 0 Å². The third-order valence-electron chi connectivity index (χ3n) is 3.75. The molecule has 3 rings (SSSR count). The molecule has 0 aliphatic rings. The van der Waals surface area contributed by atoms with E-state index in [0.717, 1.165) is 0 Å². The van der Waals surface area contributed by atoms with Gasteiger partial charge in [0.1, 0.15) is 10.7 Å². The monoisotopic (exact) mass is 389 g/mol. The fourth-order valence-corrected chi connectivity index (χ4v) is 3.47. The van der Waals surface area contributed by atoms with Crippen LogP contribution in [-0.2, 0) is 16.4 Å². The van der Waals surface area contributed by atoms with E-state index in [1.165, 1.54) is 49.2 Å². The molecule has 1 aromatic carbocycles. The number of urea groups is 1. The molecule has 2 amide bonds. The summed E-state index contributed by atoms with van der Waals surface area (Å²) in [5.41, 5.74) is 0.460. The van der Waals surface area contributed by atoms with Crippen molar-refractivity contribution < 1.29 is 17.6 Å². The summed E-state index contributed by atoms with van der Waals surface area (Å²) in [6.45, 7) is 4.02. The van der Waals surface area contributed by atoms with Crippen LogP contribution < -0.4 is 10.6 Å². The Kier molecular flexibility index (Phi) is 5.26. The van der Waals surface area contributed by atoms with Crippen molar-refractivity contribution >= 4 is 21.6 Å². The number of benzene rings is 1. The lowest BCUT2D eigenvalue weighted by molar-refractivity contribution is 0.251. The predicted molar refractivity (Wildman–Crippen MR) is 96.9 cm³/mol. The Morgan fingerprint density at radius 2 is 1.93 bits per heavy atom. The van der Waals surface area contributed by atoms with Crippen LogP contribution in [0.2, 0.25) is 0 Å². The Labute approximate surface area is 156 Å². The molecule has 27 heavy (non-hydrogen) atoms. The maximum absolute atomic E-state index is 12.7. The molecule has 2 heterocycles. The molecule has 2 aromatic heterocycles. The summed E-state index contributed by atoms with van der Waals surface area (Å²) in [5.74, 6) is 0.522. The number of rotatable bonds is 6. The van der Waals surface area contributed by atoms with E-state index in [0.29, 0.717) is 11.4 Å². The summed E-state index contributed by atoms with van der Waals surface area (Å²) in [5, 5.41) is 9.29. The highest BCUT2D eigenvalue weighted by Gasteiger charge is 2.20. The van der Waals surface area contributed by atoms with Gasteiger partial charge in [0.2, 0.25) is 9.84 Å². The number of aromatic nitrogens is 3. The highest BCUT2D eigenvalue weighted by Crippen LogP contribution is 2.22. The van der Waals surface area contributed by atoms with E-state index in [1.807, 2.05) is 13.8 Å². The molecule has 0 unspecified atom stereocenters. The lowest BCUT2D eigenvalue weighted by atomic mass is 10.3. The lowest BCUT2D eigenvalue weighted by Crippen LogP contribution is -2.27. The van der Waals surface area contributed by atoms with Crippen molar-refractivity contribution in [1.29, 1.82) is 0 Å². The Morgan fingerprint density at radius 3 is 2.52 bits per heavy atom. The maximum Gasteiger partial charge on any atom is 0.319 e. The molecule has 0 aliphatic carbocycles. The van der Waals surface area contributed by atoms with Crippen LogP contribution in [-0.4, -0.2) is 29.2 Å². The zero-order valence-corrected chi connectivity index (χ0v) is 15.6. The van der Waals surface area contributed by atoms with Crippen LogP contribution in [0.1, 0.15) is 25.6 Å². The number of nitrogens with one attached hydrogen (secondary N) is 2. The molecular formula is C17H19N5O4S. The zero-order valence-electron chi connectivity index (χ0n) is 14.8. The molecule has 0 radical (unpaired) electrons. The van der Waals surface area contributed by atoms with E-state index in [-0.39, 0.29) is 22.4 Å². The second-order valence-electron chi connectivity index (χ2n) is 6.05. The minimum Gasteiger partial charge on any atom is -0.447 e. The molecule has 142 valence electrons. The molecular weight excluding hydrogens is 370 g/mol. The Hall–Kier alpha value is -3.14. The number of carbonyl (C=O) groups excluding carboxylic acids is 1. The van der Waals surface area contributed by atoms with Gasteiger partial charge in [-0.15, -0.1) is 0 Å². The summed E-state index contributed by atoms with van der Waals surface area (Å²) >= 11 is 0. The molecule has 2 N–H and O–H groups in total. The van der Waals surface area contributed by atoms with Crippen molar-refractivity contribution in [1.82, 2.24) is 20.1 Å². The van der Waals surface area contributed by atoms with E-state index >= 15 is 0 Å². The summed E-state index contributed by atoms with van der Waals surface area (Å²) in [6, 6.07) is 5.54. The molecule has 3 aromatic rings. The van der Waals surface area contributed by atoms with E-state index in [1.54, 1.807) is 4.68 Å². The van der Waals surface area contributed by atoms with Gasteiger partial charge in [0.25, 0.3) is 0 Å². The van der Waals surface area contributed by atoms with Gasteiger partial charge in [0, 0.05) is 17.9 Å². The highest BCUT2D eigenvalue weighted by molar-refractivity contribution is 7.91. The zero-order chi connectivity index (χ0) is 19.4. The van der Waals surface area contributed by atoms with Gasteiger partial charge in [-0.05, 0) is 38.1 Å². The van der Waals surface area contributed by atoms with Crippen LogP contribution in [0.15, 0.2) is 63.5 Å².